The van der Waals surface area contributed by atoms with E-state index in [-0.39, 0.29) is 5.69 Å². The van der Waals surface area contributed by atoms with Gasteiger partial charge in [0.25, 0.3) is 0 Å². The number of nitrogens with zero attached hydrogens (tertiary/aromatic N) is 2. The molecule has 1 heterocycles. The summed E-state index contributed by atoms with van der Waals surface area (Å²) in [6.07, 6.45) is 6.13. The van der Waals surface area contributed by atoms with E-state index in [1.807, 2.05) is 5.43 Å². The van der Waals surface area contributed by atoms with E-state index >= 15 is 0 Å². The molecule has 2 aromatic rings. The monoisotopic (exact) mass is 291 g/mol. The Bertz CT molecular complexity index is 669. The molecule has 0 unspecified atom stereocenters. The Morgan fingerprint density at radius 3 is 2.86 bits per heavy atom. The SMILES string of the molecule is Cc1cc(F)cc(N(N)C(=O)NN)c1/C=C/c1ncco1. The van der Waals surface area contributed by atoms with Crippen molar-refractivity contribution in [2.24, 2.45) is 11.7 Å². The predicted octanol–water partition coefficient (Wildman–Crippen LogP) is 1.56. The molecule has 0 aliphatic carbocycles. The molecule has 0 saturated heterocycles. The fourth-order valence-corrected chi connectivity index (χ4v) is 1.80. The minimum absolute atomic E-state index is 0.165. The van der Waals surface area contributed by atoms with Gasteiger partial charge >= 0.3 is 6.03 Å². The maximum absolute atomic E-state index is 13.5. The zero-order valence-corrected chi connectivity index (χ0v) is 11.2. The number of rotatable bonds is 3. The molecule has 21 heavy (non-hydrogen) atoms. The number of urea groups is 1. The number of nitrogens with one attached hydrogen (secondary N) is 1. The molecule has 110 valence electrons. The molecule has 8 heteroatoms. The van der Waals surface area contributed by atoms with Crippen molar-refractivity contribution in [3.8, 4) is 0 Å². The zero-order valence-electron chi connectivity index (χ0n) is 11.2. The van der Waals surface area contributed by atoms with Crippen molar-refractivity contribution in [2.75, 3.05) is 5.01 Å². The molecule has 0 fully saturated rings. The van der Waals surface area contributed by atoms with Crippen molar-refractivity contribution in [1.29, 1.82) is 0 Å². The minimum atomic E-state index is -0.772. The largest absolute Gasteiger partial charge is 0.445 e. The van der Waals surface area contributed by atoms with Crippen LogP contribution in [0, 0.1) is 12.7 Å². The van der Waals surface area contributed by atoms with Gasteiger partial charge in [-0.15, -0.1) is 0 Å². The predicted molar refractivity (Wildman–Crippen MR) is 76.0 cm³/mol. The van der Waals surface area contributed by atoms with Gasteiger partial charge < -0.3 is 4.42 Å². The number of hydrogen-bond acceptors (Lipinski definition) is 5. The van der Waals surface area contributed by atoms with Crippen LogP contribution in [0.5, 0.6) is 0 Å². The first-order valence-electron chi connectivity index (χ1n) is 5.96. The highest BCUT2D eigenvalue weighted by Gasteiger charge is 2.16. The van der Waals surface area contributed by atoms with E-state index in [0.29, 0.717) is 17.0 Å². The van der Waals surface area contributed by atoms with E-state index < -0.39 is 11.8 Å². The maximum atomic E-state index is 13.5. The Kier molecular flexibility index (Phi) is 4.31. The fourth-order valence-electron chi connectivity index (χ4n) is 1.80. The normalized spacial score (nSPS) is 10.9. The van der Waals surface area contributed by atoms with Gasteiger partial charge in [0, 0.05) is 11.6 Å². The van der Waals surface area contributed by atoms with Crippen LogP contribution in [0.1, 0.15) is 17.0 Å². The van der Waals surface area contributed by atoms with Gasteiger partial charge in [0.2, 0.25) is 5.89 Å². The van der Waals surface area contributed by atoms with Crippen LogP contribution in [-0.4, -0.2) is 11.0 Å². The third kappa shape index (κ3) is 3.25. The number of hydrogen-bond donors (Lipinski definition) is 3. The van der Waals surface area contributed by atoms with Gasteiger partial charge in [0.05, 0.1) is 11.9 Å². The van der Waals surface area contributed by atoms with Crippen molar-refractivity contribution in [1.82, 2.24) is 10.4 Å². The third-order valence-electron chi connectivity index (χ3n) is 2.78. The highest BCUT2D eigenvalue weighted by Crippen LogP contribution is 2.26. The highest BCUT2D eigenvalue weighted by atomic mass is 19.1. The molecule has 5 N–H and O–H groups in total. The molecule has 0 aliphatic heterocycles. The average molecular weight is 291 g/mol. The zero-order chi connectivity index (χ0) is 15.4. The van der Waals surface area contributed by atoms with Gasteiger partial charge in [-0.25, -0.2) is 30.9 Å². The number of carbonyl (C=O) groups excluding carboxylic acids is 1. The molecule has 0 spiro atoms. The summed E-state index contributed by atoms with van der Waals surface area (Å²) in [4.78, 5) is 15.4. The number of hydrazine groups is 2. The molecule has 1 aromatic heterocycles. The van der Waals surface area contributed by atoms with Crippen LogP contribution in [0.15, 0.2) is 29.0 Å². The van der Waals surface area contributed by atoms with Gasteiger partial charge in [0.15, 0.2) is 0 Å². The standard InChI is InChI=1S/C13H14FN5O2/c1-8-6-9(14)7-11(19(16)13(20)18-15)10(8)2-3-12-17-4-5-21-12/h2-7H,15-16H2,1H3,(H,18,20)/b3-2+. The fraction of sp³-hybridized carbons (Fsp3) is 0.0769. The summed E-state index contributed by atoms with van der Waals surface area (Å²) in [5, 5.41) is 0.727. The van der Waals surface area contributed by atoms with Gasteiger partial charge in [-0.2, -0.15) is 0 Å². The first kappa shape index (κ1) is 14.7. The summed E-state index contributed by atoms with van der Waals surface area (Å²) in [6, 6.07) is 1.69. The van der Waals surface area contributed by atoms with Crippen LogP contribution in [0.25, 0.3) is 12.2 Å². The van der Waals surface area contributed by atoms with Gasteiger partial charge in [0.1, 0.15) is 12.1 Å². The molecule has 1 aromatic carbocycles. The highest BCUT2D eigenvalue weighted by molar-refractivity contribution is 5.94. The molecule has 0 bridgehead atoms. The van der Waals surface area contributed by atoms with Crippen LogP contribution in [0.3, 0.4) is 0 Å². The number of amides is 2. The van der Waals surface area contributed by atoms with E-state index in [2.05, 4.69) is 4.98 Å². The quantitative estimate of drug-likeness (QED) is 0.451. The Labute approximate surface area is 120 Å². The topological polar surface area (TPSA) is 110 Å². The second-order valence-electron chi connectivity index (χ2n) is 4.18. The lowest BCUT2D eigenvalue weighted by Crippen LogP contribution is -2.48. The third-order valence-corrected chi connectivity index (χ3v) is 2.78. The number of aryl methyl sites for hydroxylation is 1. The summed E-state index contributed by atoms with van der Waals surface area (Å²) in [7, 11) is 0. The molecule has 0 aliphatic rings. The van der Waals surface area contributed by atoms with Crippen LogP contribution < -0.4 is 22.1 Å². The van der Waals surface area contributed by atoms with Crippen LogP contribution in [0.4, 0.5) is 14.9 Å². The second kappa shape index (κ2) is 6.16. The Morgan fingerprint density at radius 2 is 2.24 bits per heavy atom. The lowest BCUT2D eigenvalue weighted by Gasteiger charge is -2.19. The van der Waals surface area contributed by atoms with Gasteiger partial charge in [-0.05, 0) is 30.7 Å². The van der Waals surface area contributed by atoms with Gasteiger partial charge in [-0.3, -0.25) is 5.43 Å². The number of aromatic nitrogens is 1. The van der Waals surface area contributed by atoms with E-state index in [9.17, 15) is 9.18 Å². The molecular weight excluding hydrogens is 277 g/mol. The van der Waals surface area contributed by atoms with E-state index in [4.69, 9.17) is 16.1 Å². The molecule has 2 rings (SSSR count). The van der Waals surface area contributed by atoms with Crippen molar-refractivity contribution < 1.29 is 13.6 Å². The van der Waals surface area contributed by atoms with Crippen molar-refractivity contribution in [2.45, 2.75) is 6.92 Å². The Hall–Kier alpha value is -2.71. The molecule has 7 nitrogen and oxygen atoms in total. The maximum Gasteiger partial charge on any atom is 0.350 e. The Morgan fingerprint density at radius 1 is 1.48 bits per heavy atom. The summed E-state index contributed by atoms with van der Waals surface area (Å²) in [5.74, 6) is 10.5. The molecular formula is C13H14FN5O2. The van der Waals surface area contributed by atoms with E-state index in [1.54, 1.807) is 19.1 Å². The lowest BCUT2D eigenvalue weighted by molar-refractivity contribution is 0.246. The van der Waals surface area contributed by atoms with Gasteiger partial charge in [-0.1, -0.05) is 0 Å². The molecule has 0 radical (unpaired) electrons. The minimum Gasteiger partial charge on any atom is -0.445 e. The van der Waals surface area contributed by atoms with E-state index in [0.717, 1.165) is 11.1 Å². The number of benzene rings is 1. The first-order valence-corrected chi connectivity index (χ1v) is 5.96. The van der Waals surface area contributed by atoms with Crippen LogP contribution in [-0.2, 0) is 0 Å². The van der Waals surface area contributed by atoms with Crippen molar-refractivity contribution in [3.05, 3.63) is 47.4 Å². The summed E-state index contributed by atoms with van der Waals surface area (Å²) >= 11 is 0. The van der Waals surface area contributed by atoms with Crippen LogP contribution in [0.2, 0.25) is 0 Å². The second-order valence-corrected chi connectivity index (χ2v) is 4.18. The molecule has 0 saturated carbocycles. The van der Waals surface area contributed by atoms with E-state index in [1.165, 1.54) is 18.5 Å². The summed E-state index contributed by atoms with van der Waals surface area (Å²) < 4.78 is 18.6. The molecule has 2 amide bonds. The van der Waals surface area contributed by atoms with Crippen LogP contribution >= 0.6 is 0 Å². The number of nitrogens with two attached hydrogens (primary N) is 2. The lowest BCUT2D eigenvalue weighted by atomic mass is 10.1. The average Bonchev–Trinajstić information content (AvgIpc) is 2.97. The number of carbonyl (C=O) groups is 1. The summed E-state index contributed by atoms with van der Waals surface area (Å²) in [5.41, 5.74) is 3.18. The number of halogens is 1. The smallest absolute Gasteiger partial charge is 0.350 e. The van der Waals surface area contributed by atoms with Crippen molar-refractivity contribution in [3.63, 3.8) is 0 Å². The Balaban J connectivity index is 2.46. The first-order chi connectivity index (χ1) is 10.0. The van der Waals surface area contributed by atoms with Crippen molar-refractivity contribution >= 4 is 23.9 Å². The summed E-state index contributed by atoms with van der Waals surface area (Å²) in [6.45, 7) is 1.69. The number of anilines is 1. The number of oxazole rings is 1. The molecule has 0 atom stereocenters.